The molecule has 0 fully saturated rings. The Kier molecular flexibility index (Phi) is 6.61. The van der Waals surface area contributed by atoms with Crippen LogP contribution in [0.2, 0.25) is 0 Å². The second-order valence-corrected chi connectivity index (χ2v) is 14.0. The highest BCUT2D eigenvalue weighted by Crippen LogP contribution is 2.42. The summed E-state index contributed by atoms with van der Waals surface area (Å²) in [5, 5.41) is 16.5. The van der Waals surface area contributed by atoms with Gasteiger partial charge in [-0.1, -0.05) is 103 Å². The van der Waals surface area contributed by atoms with Gasteiger partial charge in [-0.15, -0.1) is 0 Å². The first kappa shape index (κ1) is 30.7. The molecule has 5 nitrogen and oxygen atoms in total. The third-order valence-corrected chi connectivity index (χ3v) is 11.1. The number of nitrogens with zero attached hydrogens (tertiary/aromatic N) is 5. The van der Waals surface area contributed by atoms with Crippen molar-refractivity contribution in [3.8, 4) is 34.3 Å². The molecule has 0 unspecified atom stereocenters. The van der Waals surface area contributed by atoms with E-state index in [9.17, 15) is 5.26 Å². The van der Waals surface area contributed by atoms with Crippen LogP contribution >= 0.6 is 0 Å². The molecule has 0 aliphatic rings. The Morgan fingerprint density at radius 3 is 1.51 bits per heavy atom. The van der Waals surface area contributed by atoms with Crippen LogP contribution in [0.15, 0.2) is 176 Å². The molecule has 3 aromatic heterocycles. The van der Waals surface area contributed by atoms with Crippen molar-refractivity contribution in [1.29, 1.82) is 5.26 Å². The Balaban J connectivity index is 1.13. The van der Waals surface area contributed by atoms with Crippen molar-refractivity contribution in [2.45, 2.75) is 0 Å². The van der Waals surface area contributed by atoms with Gasteiger partial charge < -0.3 is 13.7 Å². The van der Waals surface area contributed by atoms with Gasteiger partial charge in [0.1, 0.15) is 0 Å². The molecular formula is C50H29N5. The zero-order chi connectivity index (χ0) is 36.6. The number of benzene rings is 8. The third kappa shape index (κ3) is 4.45. The predicted molar refractivity (Wildman–Crippen MR) is 226 cm³/mol. The molecule has 0 saturated heterocycles. The molecule has 0 spiro atoms. The van der Waals surface area contributed by atoms with E-state index in [1.54, 1.807) is 0 Å². The van der Waals surface area contributed by atoms with Gasteiger partial charge in [0.05, 0.1) is 57.0 Å². The average molecular weight is 700 g/mol. The van der Waals surface area contributed by atoms with Crippen molar-refractivity contribution in [2.75, 3.05) is 0 Å². The molecule has 11 aromatic rings. The van der Waals surface area contributed by atoms with E-state index < -0.39 is 0 Å². The lowest BCUT2D eigenvalue weighted by Gasteiger charge is -2.17. The summed E-state index contributed by atoms with van der Waals surface area (Å²) in [4.78, 5) is 4.06. The quantitative estimate of drug-likeness (QED) is 0.169. The van der Waals surface area contributed by atoms with Gasteiger partial charge in [-0.05, 0) is 83.9 Å². The van der Waals surface area contributed by atoms with Crippen molar-refractivity contribution in [1.82, 2.24) is 13.7 Å². The Morgan fingerprint density at radius 1 is 0.418 bits per heavy atom. The van der Waals surface area contributed by atoms with E-state index in [0.29, 0.717) is 11.3 Å². The number of hydrogen-bond donors (Lipinski definition) is 0. The van der Waals surface area contributed by atoms with E-state index in [2.05, 4.69) is 176 Å². The van der Waals surface area contributed by atoms with Crippen LogP contribution in [0.4, 0.5) is 5.69 Å². The normalized spacial score (nSPS) is 11.6. The van der Waals surface area contributed by atoms with Crippen LogP contribution in [0.25, 0.3) is 98.5 Å². The molecule has 3 heterocycles. The summed E-state index contributed by atoms with van der Waals surface area (Å²) in [6.45, 7) is 8.27. The van der Waals surface area contributed by atoms with E-state index in [0.717, 1.165) is 88.2 Å². The van der Waals surface area contributed by atoms with Crippen LogP contribution < -0.4 is 0 Å². The van der Waals surface area contributed by atoms with E-state index in [1.165, 1.54) is 5.39 Å². The second-order valence-electron chi connectivity index (χ2n) is 14.0. The number of fused-ring (bicyclic) bond motifs is 9. The molecule has 254 valence electrons. The molecular weight excluding hydrogens is 671 g/mol. The summed E-state index contributed by atoms with van der Waals surface area (Å²) in [7, 11) is 0. The molecule has 55 heavy (non-hydrogen) atoms. The van der Waals surface area contributed by atoms with E-state index in [-0.39, 0.29) is 0 Å². The standard InChI is InChI=1S/C50H29N5/c1-52-43-19-11-18-36(50(43)55-46-22-8-2-14-37(46)38-15-3-9-23-47(38)55)33-12-10-13-34(29-33)53-45-21-7-5-17-40(45)42-30-35(25-27-49(42)53)54-44-20-6-4-16-39(44)41-28-32(31-51)24-26-48(41)54/h2-30H. The maximum Gasteiger partial charge on any atom is 0.211 e. The topological polar surface area (TPSA) is 42.9 Å². The highest BCUT2D eigenvalue weighted by Gasteiger charge is 2.20. The van der Waals surface area contributed by atoms with Gasteiger partial charge in [-0.3, -0.25) is 0 Å². The Morgan fingerprint density at radius 2 is 0.909 bits per heavy atom. The lowest BCUT2D eigenvalue weighted by molar-refractivity contribution is 1.16. The highest BCUT2D eigenvalue weighted by atomic mass is 15.0. The molecule has 8 aromatic carbocycles. The molecule has 11 rings (SSSR count). The molecule has 0 bridgehead atoms. The van der Waals surface area contributed by atoms with Crippen molar-refractivity contribution in [3.05, 3.63) is 193 Å². The lowest BCUT2D eigenvalue weighted by atomic mass is 10.0. The van der Waals surface area contributed by atoms with Gasteiger partial charge in [-0.25, -0.2) is 4.85 Å². The molecule has 0 N–H and O–H groups in total. The van der Waals surface area contributed by atoms with E-state index in [4.69, 9.17) is 6.57 Å². The van der Waals surface area contributed by atoms with Crippen molar-refractivity contribution in [3.63, 3.8) is 0 Å². The first-order valence-electron chi connectivity index (χ1n) is 18.3. The summed E-state index contributed by atoms with van der Waals surface area (Å²) in [6.07, 6.45) is 0. The van der Waals surface area contributed by atoms with Crippen LogP contribution in [-0.4, -0.2) is 13.7 Å². The van der Waals surface area contributed by atoms with Gasteiger partial charge in [-0.2, -0.15) is 5.26 Å². The molecule has 0 atom stereocenters. The summed E-state index contributed by atoms with van der Waals surface area (Å²) >= 11 is 0. The minimum atomic E-state index is 0.604. The van der Waals surface area contributed by atoms with Crippen LogP contribution in [0, 0.1) is 17.9 Å². The summed E-state index contributed by atoms with van der Waals surface area (Å²) < 4.78 is 6.91. The number of para-hydroxylation sites is 5. The largest absolute Gasteiger partial charge is 0.318 e. The molecule has 0 radical (unpaired) electrons. The number of nitriles is 1. The monoisotopic (exact) mass is 699 g/mol. The number of hydrogen-bond acceptors (Lipinski definition) is 1. The second kappa shape index (κ2) is 11.8. The van der Waals surface area contributed by atoms with Gasteiger partial charge in [0.2, 0.25) is 5.69 Å². The van der Waals surface area contributed by atoms with Gasteiger partial charge >= 0.3 is 0 Å². The predicted octanol–water partition coefficient (Wildman–Crippen LogP) is 13.1. The minimum absolute atomic E-state index is 0.604. The van der Waals surface area contributed by atoms with Gasteiger partial charge in [0.25, 0.3) is 0 Å². The highest BCUT2D eigenvalue weighted by molar-refractivity contribution is 6.13. The fourth-order valence-corrected chi connectivity index (χ4v) is 8.76. The first-order chi connectivity index (χ1) is 27.2. The summed E-state index contributed by atoms with van der Waals surface area (Å²) in [6, 6.07) is 63.6. The third-order valence-electron chi connectivity index (χ3n) is 11.1. The minimum Gasteiger partial charge on any atom is -0.318 e. The van der Waals surface area contributed by atoms with Crippen molar-refractivity contribution >= 4 is 71.1 Å². The molecule has 0 saturated carbocycles. The summed E-state index contributed by atoms with van der Waals surface area (Å²) in [5.74, 6) is 0. The molecule has 0 amide bonds. The van der Waals surface area contributed by atoms with E-state index >= 15 is 0 Å². The Hall–Kier alpha value is -7.86. The number of rotatable bonds is 4. The van der Waals surface area contributed by atoms with Crippen LogP contribution in [0.5, 0.6) is 0 Å². The van der Waals surface area contributed by atoms with E-state index in [1.807, 2.05) is 24.3 Å². The maximum absolute atomic E-state index is 9.67. The number of aromatic nitrogens is 3. The van der Waals surface area contributed by atoms with Crippen LogP contribution in [-0.2, 0) is 0 Å². The fourth-order valence-electron chi connectivity index (χ4n) is 8.76. The van der Waals surface area contributed by atoms with Gasteiger partial charge in [0, 0.05) is 43.7 Å². The smallest absolute Gasteiger partial charge is 0.211 e. The molecule has 0 aliphatic carbocycles. The lowest BCUT2D eigenvalue weighted by Crippen LogP contribution is -1.99. The van der Waals surface area contributed by atoms with Crippen molar-refractivity contribution < 1.29 is 0 Å². The SMILES string of the molecule is [C-]#[N+]c1cccc(-c2cccc(-n3c4ccccc4c4cc(-n5c6ccccc6c6cc(C#N)ccc65)ccc43)c2)c1-n1c2ccccc2c2ccccc21. The summed E-state index contributed by atoms with van der Waals surface area (Å²) in [5.41, 5.74) is 12.8. The van der Waals surface area contributed by atoms with Crippen LogP contribution in [0.1, 0.15) is 5.56 Å². The molecule has 5 heteroatoms. The maximum atomic E-state index is 9.67. The Bertz CT molecular complexity index is 3420. The van der Waals surface area contributed by atoms with Crippen LogP contribution in [0.3, 0.4) is 0 Å². The Labute approximate surface area is 316 Å². The fraction of sp³-hybridized carbons (Fsp3) is 0. The zero-order valence-electron chi connectivity index (χ0n) is 29.5. The zero-order valence-corrected chi connectivity index (χ0v) is 29.5. The average Bonchev–Trinajstić information content (AvgIpc) is 3.88. The first-order valence-corrected chi connectivity index (χ1v) is 18.3. The van der Waals surface area contributed by atoms with Gasteiger partial charge in [0.15, 0.2) is 0 Å². The van der Waals surface area contributed by atoms with Crippen molar-refractivity contribution in [2.24, 2.45) is 0 Å². The molecule has 0 aliphatic heterocycles.